The van der Waals surface area contributed by atoms with Gasteiger partial charge in [0.05, 0.1) is 0 Å². The highest BCUT2D eigenvalue weighted by Crippen LogP contribution is 1.91. The summed E-state index contributed by atoms with van der Waals surface area (Å²) >= 11 is 0. The van der Waals surface area contributed by atoms with Crippen LogP contribution >= 0.6 is 0 Å². The van der Waals surface area contributed by atoms with E-state index >= 15 is 0 Å². The van der Waals surface area contributed by atoms with Gasteiger partial charge in [0.15, 0.2) is 0 Å². The molecule has 36 valence electrons. The molecule has 1 aliphatic heterocycles. The largest absolute Gasteiger partial charge is 0.258 e. The van der Waals surface area contributed by atoms with Crippen LogP contribution in [0.5, 0.6) is 0 Å². The summed E-state index contributed by atoms with van der Waals surface area (Å²) in [6.45, 7) is 4.47. The van der Waals surface area contributed by atoms with Gasteiger partial charge >= 0.3 is 0 Å². The number of hydrogen-bond donors (Lipinski definition) is 2. The maximum absolute atomic E-state index is 3.02. The van der Waals surface area contributed by atoms with Gasteiger partial charge in [0.1, 0.15) is 0 Å². The highest BCUT2D eigenvalue weighted by Gasteiger charge is 2.05. The van der Waals surface area contributed by atoms with Crippen molar-refractivity contribution in [3.8, 4) is 0 Å². The molecule has 1 rings (SSSR count). The van der Waals surface area contributed by atoms with Crippen molar-refractivity contribution in [2.75, 3.05) is 13.1 Å². The normalized spacial score (nSPS) is 25.5. The van der Waals surface area contributed by atoms with Gasteiger partial charge in [-0.2, -0.15) is 0 Å². The van der Waals surface area contributed by atoms with Crippen LogP contribution in [0.15, 0.2) is 0 Å². The van der Waals surface area contributed by atoms with Crippen LogP contribution < -0.4 is 10.9 Å². The molecule has 1 aliphatic rings. The van der Waals surface area contributed by atoms with Gasteiger partial charge in [0.25, 0.3) is 0 Å². The van der Waals surface area contributed by atoms with E-state index in [0.717, 1.165) is 19.0 Å². The van der Waals surface area contributed by atoms with Crippen molar-refractivity contribution in [3.63, 3.8) is 0 Å². The maximum atomic E-state index is 3.02. The van der Waals surface area contributed by atoms with Crippen LogP contribution in [0.4, 0.5) is 0 Å². The van der Waals surface area contributed by atoms with Gasteiger partial charge in [-0.15, -0.1) is 0 Å². The summed E-state index contributed by atoms with van der Waals surface area (Å²) in [7, 11) is 0. The molecule has 2 N–H and O–H groups in total. The number of rotatable bonds is 0. The highest BCUT2D eigenvalue weighted by molar-refractivity contribution is 4.62. The first-order valence-corrected chi connectivity index (χ1v) is 2.35. The van der Waals surface area contributed by atoms with E-state index in [1.165, 1.54) is 0 Å². The fourth-order valence-corrected chi connectivity index (χ4v) is 0.565. The van der Waals surface area contributed by atoms with Gasteiger partial charge in [-0.1, -0.05) is 6.92 Å². The van der Waals surface area contributed by atoms with E-state index in [1.54, 1.807) is 0 Å². The van der Waals surface area contributed by atoms with Gasteiger partial charge in [-0.05, 0) is 5.92 Å². The fourth-order valence-electron chi connectivity index (χ4n) is 0.565. The lowest BCUT2D eigenvalue weighted by Crippen LogP contribution is -2.21. The van der Waals surface area contributed by atoms with Gasteiger partial charge in [-0.25, -0.2) is 0 Å². The second-order valence-corrected chi connectivity index (χ2v) is 1.87. The van der Waals surface area contributed by atoms with E-state index in [1.807, 2.05) is 0 Å². The molecule has 0 aliphatic carbocycles. The third kappa shape index (κ3) is 0.698. The molecular weight excluding hydrogens is 76.1 g/mol. The minimum absolute atomic E-state index is 0.824. The van der Waals surface area contributed by atoms with Gasteiger partial charge < -0.3 is 0 Å². The van der Waals surface area contributed by atoms with E-state index in [4.69, 9.17) is 0 Å². The molecule has 0 aromatic heterocycles. The lowest BCUT2D eigenvalue weighted by molar-refractivity contribution is 0.685. The molecule has 1 fully saturated rings. The zero-order valence-corrected chi connectivity index (χ0v) is 3.99. The maximum Gasteiger partial charge on any atom is 0.0138 e. The summed E-state index contributed by atoms with van der Waals surface area (Å²) in [6, 6.07) is 0. The second-order valence-electron chi connectivity index (χ2n) is 1.87. The molecule has 0 bridgehead atoms. The highest BCUT2D eigenvalue weighted by atomic mass is 15.4. The van der Waals surface area contributed by atoms with E-state index in [9.17, 15) is 0 Å². The second kappa shape index (κ2) is 1.58. The molecule has 0 amide bonds. The Bertz CT molecular complexity index is 38.8. The molecular formula is C4H10N2. The summed E-state index contributed by atoms with van der Waals surface area (Å²) in [6.07, 6.45) is 0. The molecule has 1 saturated heterocycles. The Hall–Kier alpha value is -0.0800. The third-order valence-electron chi connectivity index (χ3n) is 1.03. The zero-order chi connectivity index (χ0) is 4.41. The van der Waals surface area contributed by atoms with Crippen molar-refractivity contribution < 1.29 is 0 Å². The summed E-state index contributed by atoms with van der Waals surface area (Å²) in [5.41, 5.74) is 6.04. The lowest BCUT2D eigenvalue weighted by Gasteiger charge is -1.88. The third-order valence-corrected chi connectivity index (χ3v) is 1.03. The van der Waals surface area contributed by atoms with Crippen molar-refractivity contribution in [2.45, 2.75) is 6.92 Å². The monoisotopic (exact) mass is 86.1 g/mol. The molecule has 0 atom stereocenters. The Morgan fingerprint density at radius 1 is 1.33 bits per heavy atom. The van der Waals surface area contributed by atoms with Crippen molar-refractivity contribution >= 4 is 0 Å². The topological polar surface area (TPSA) is 24.1 Å². The predicted molar refractivity (Wildman–Crippen MR) is 25.2 cm³/mol. The van der Waals surface area contributed by atoms with Crippen LogP contribution in [0.2, 0.25) is 0 Å². The van der Waals surface area contributed by atoms with Crippen LogP contribution in [0.3, 0.4) is 0 Å². The standard InChI is InChI=1S/C4H10N2/c1-4-2-5-6-3-4/h4-6H,2-3H2,1H3. The van der Waals surface area contributed by atoms with Crippen LogP contribution in [0.1, 0.15) is 6.92 Å². The minimum atomic E-state index is 0.824. The summed E-state index contributed by atoms with van der Waals surface area (Å²) in [4.78, 5) is 0. The van der Waals surface area contributed by atoms with E-state index in [-0.39, 0.29) is 0 Å². The van der Waals surface area contributed by atoms with E-state index < -0.39 is 0 Å². The first-order chi connectivity index (χ1) is 2.89. The minimum Gasteiger partial charge on any atom is -0.258 e. The number of nitrogens with one attached hydrogen (secondary N) is 2. The van der Waals surface area contributed by atoms with Gasteiger partial charge in [0.2, 0.25) is 0 Å². The Labute approximate surface area is 37.9 Å². The Kier molecular flexibility index (Phi) is 1.08. The Morgan fingerprint density at radius 3 is 2.00 bits per heavy atom. The summed E-state index contributed by atoms with van der Waals surface area (Å²) in [5, 5.41) is 0. The van der Waals surface area contributed by atoms with Crippen LogP contribution in [0, 0.1) is 5.92 Å². The smallest absolute Gasteiger partial charge is 0.0138 e. The van der Waals surface area contributed by atoms with Gasteiger partial charge in [0, 0.05) is 13.1 Å². The molecule has 0 aromatic carbocycles. The Balaban J connectivity index is 2.18. The number of hydrazine groups is 1. The average molecular weight is 86.1 g/mol. The molecule has 1 heterocycles. The summed E-state index contributed by atoms with van der Waals surface area (Å²) < 4.78 is 0. The molecule has 0 saturated carbocycles. The first-order valence-electron chi connectivity index (χ1n) is 2.35. The molecule has 2 nitrogen and oxygen atoms in total. The van der Waals surface area contributed by atoms with Crippen LogP contribution in [0.25, 0.3) is 0 Å². The average Bonchev–Trinajstić information content (AvgIpc) is 1.86. The van der Waals surface area contributed by atoms with Crippen LogP contribution in [-0.4, -0.2) is 13.1 Å². The van der Waals surface area contributed by atoms with E-state index in [2.05, 4.69) is 17.8 Å². The SMILES string of the molecule is CC1CNNC1. The molecule has 0 unspecified atom stereocenters. The van der Waals surface area contributed by atoms with E-state index in [0.29, 0.717) is 0 Å². The quantitative estimate of drug-likeness (QED) is 0.424. The Morgan fingerprint density at radius 2 is 1.83 bits per heavy atom. The van der Waals surface area contributed by atoms with Crippen molar-refractivity contribution in [1.29, 1.82) is 0 Å². The molecule has 2 heteroatoms. The number of hydrogen-bond acceptors (Lipinski definition) is 2. The predicted octanol–water partition coefficient (Wildman–Crippen LogP) is -0.270. The summed E-state index contributed by atoms with van der Waals surface area (Å²) in [5.74, 6) is 0.824. The van der Waals surface area contributed by atoms with Crippen molar-refractivity contribution in [2.24, 2.45) is 5.92 Å². The van der Waals surface area contributed by atoms with Crippen LogP contribution in [-0.2, 0) is 0 Å². The first kappa shape index (κ1) is 4.09. The molecule has 0 spiro atoms. The fraction of sp³-hybridized carbons (Fsp3) is 1.00. The van der Waals surface area contributed by atoms with Crippen molar-refractivity contribution in [3.05, 3.63) is 0 Å². The molecule has 6 heavy (non-hydrogen) atoms. The molecule has 0 aromatic rings. The van der Waals surface area contributed by atoms with Gasteiger partial charge in [-0.3, -0.25) is 10.9 Å². The lowest BCUT2D eigenvalue weighted by atomic mass is 10.2. The zero-order valence-electron chi connectivity index (χ0n) is 3.99. The van der Waals surface area contributed by atoms with Crippen molar-refractivity contribution in [1.82, 2.24) is 10.9 Å². The molecule has 0 radical (unpaired) electrons.